The van der Waals surface area contributed by atoms with Crippen LogP contribution in [0.3, 0.4) is 0 Å². The minimum absolute atomic E-state index is 0.108. The van der Waals surface area contributed by atoms with Gasteiger partial charge in [-0.1, -0.05) is 12.1 Å². The Morgan fingerprint density at radius 2 is 1.74 bits per heavy atom. The second-order valence-corrected chi connectivity index (χ2v) is 7.89. The molecule has 4 rings (SSSR count). The molecule has 1 N–H and O–H groups in total. The maximum atomic E-state index is 13.1. The van der Waals surface area contributed by atoms with E-state index in [1.165, 1.54) is 0 Å². The monoisotopic (exact) mass is 438 g/mol. The zero-order valence-electron chi connectivity index (χ0n) is 17.7. The number of hydrogen-bond donors (Lipinski definition) is 1. The zero-order chi connectivity index (χ0) is 21.8. The molecule has 3 aromatic rings. The lowest BCUT2D eigenvalue weighted by Gasteiger charge is -2.25. The number of nitrogens with one attached hydrogen (secondary N) is 1. The van der Waals surface area contributed by atoms with E-state index in [-0.39, 0.29) is 11.9 Å². The van der Waals surface area contributed by atoms with Gasteiger partial charge in [0.05, 0.1) is 20.3 Å². The maximum Gasteiger partial charge on any atom is 0.224 e. The number of likely N-dealkylation sites (tertiary alicyclic amines) is 1. The summed E-state index contributed by atoms with van der Waals surface area (Å²) in [4.78, 5) is 15.1. The fourth-order valence-electron chi connectivity index (χ4n) is 4.07. The molecule has 162 valence electrons. The van der Waals surface area contributed by atoms with Gasteiger partial charge in [0.25, 0.3) is 0 Å². The predicted octanol–water partition coefficient (Wildman–Crippen LogP) is 4.38. The number of amides is 1. The molecule has 8 heteroatoms. The highest BCUT2D eigenvalue weighted by molar-refractivity contribution is 7.71. The van der Waals surface area contributed by atoms with Crippen LogP contribution in [0.15, 0.2) is 48.5 Å². The van der Waals surface area contributed by atoms with Crippen LogP contribution in [-0.4, -0.2) is 46.3 Å². The van der Waals surface area contributed by atoms with E-state index in [2.05, 4.69) is 10.2 Å². The molecule has 1 aromatic heterocycles. The van der Waals surface area contributed by atoms with Crippen molar-refractivity contribution in [2.24, 2.45) is 0 Å². The number of carbonyl (C=O) groups is 1. The summed E-state index contributed by atoms with van der Waals surface area (Å²) in [7, 11) is 3.29. The number of nitrogens with zero attached hydrogens (tertiary/aromatic N) is 3. The fourth-order valence-corrected chi connectivity index (χ4v) is 4.30. The maximum absolute atomic E-state index is 13.1. The van der Waals surface area contributed by atoms with Gasteiger partial charge < -0.3 is 14.4 Å². The second-order valence-electron chi connectivity index (χ2n) is 7.50. The van der Waals surface area contributed by atoms with Crippen molar-refractivity contribution in [3.8, 4) is 22.9 Å². The highest BCUT2D eigenvalue weighted by Gasteiger charge is 2.29. The Bertz CT molecular complexity index is 1090. The Morgan fingerprint density at radius 1 is 1.10 bits per heavy atom. The quantitative estimate of drug-likeness (QED) is 0.554. The molecule has 1 atom stereocenters. The summed E-state index contributed by atoms with van der Waals surface area (Å²) in [6.45, 7) is 1.25. The molecule has 7 nitrogen and oxygen atoms in total. The molecule has 1 aliphatic rings. The molecular weight excluding hydrogens is 412 g/mol. The molecule has 1 unspecified atom stereocenters. The molecule has 0 radical (unpaired) electrons. The van der Waals surface area contributed by atoms with Crippen molar-refractivity contribution in [1.82, 2.24) is 19.7 Å². The van der Waals surface area contributed by atoms with E-state index in [1.54, 1.807) is 14.2 Å². The van der Waals surface area contributed by atoms with E-state index >= 15 is 0 Å². The Hall–Kier alpha value is -3.13. The van der Waals surface area contributed by atoms with Crippen LogP contribution < -0.4 is 9.47 Å². The van der Waals surface area contributed by atoms with Crippen LogP contribution in [0.25, 0.3) is 11.4 Å². The van der Waals surface area contributed by atoms with E-state index in [0.717, 1.165) is 42.0 Å². The van der Waals surface area contributed by atoms with Gasteiger partial charge in [0.15, 0.2) is 10.6 Å². The lowest BCUT2D eigenvalue weighted by Crippen LogP contribution is -2.31. The van der Waals surface area contributed by atoms with Crippen LogP contribution in [0.4, 0.5) is 0 Å². The summed E-state index contributed by atoms with van der Waals surface area (Å²) in [6.07, 6.45) is 2.34. The Kier molecular flexibility index (Phi) is 6.36. The smallest absolute Gasteiger partial charge is 0.224 e. The van der Waals surface area contributed by atoms with Crippen molar-refractivity contribution >= 4 is 18.1 Å². The van der Waals surface area contributed by atoms with Crippen molar-refractivity contribution in [3.63, 3.8) is 0 Å². The second kappa shape index (κ2) is 9.34. The molecular formula is C23H26N4O3S. The summed E-state index contributed by atoms with van der Waals surface area (Å²) < 4.78 is 12.9. The normalized spacial score (nSPS) is 15.8. The molecule has 0 aliphatic carbocycles. The summed E-state index contributed by atoms with van der Waals surface area (Å²) in [5.74, 6) is 2.44. The van der Waals surface area contributed by atoms with Crippen molar-refractivity contribution < 1.29 is 14.3 Å². The highest BCUT2D eigenvalue weighted by Crippen LogP contribution is 2.33. The molecule has 1 aliphatic heterocycles. The minimum atomic E-state index is 0.108. The lowest BCUT2D eigenvalue weighted by atomic mass is 10.0. The van der Waals surface area contributed by atoms with E-state index in [0.29, 0.717) is 23.6 Å². The van der Waals surface area contributed by atoms with Crippen molar-refractivity contribution in [2.75, 3.05) is 20.8 Å². The third kappa shape index (κ3) is 4.49. The number of ether oxygens (including phenoxy) is 2. The molecule has 1 amide bonds. The van der Waals surface area contributed by atoms with Gasteiger partial charge in [-0.25, -0.2) is 0 Å². The number of hydrogen-bond acceptors (Lipinski definition) is 5. The summed E-state index contributed by atoms with van der Waals surface area (Å²) in [6, 6.07) is 15.7. The van der Waals surface area contributed by atoms with Gasteiger partial charge in [-0.3, -0.25) is 14.5 Å². The van der Waals surface area contributed by atoms with Crippen LogP contribution in [0, 0.1) is 4.77 Å². The predicted molar refractivity (Wildman–Crippen MR) is 121 cm³/mol. The minimum Gasteiger partial charge on any atom is -0.497 e. The molecule has 2 aromatic carbocycles. The van der Waals surface area contributed by atoms with Crippen molar-refractivity contribution in [3.05, 3.63) is 58.9 Å². The molecule has 0 spiro atoms. The molecule has 1 fully saturated rings. The Labute approximate surface area is 186 Å². The van der Waals surface area contributed by atoms with Crippen LogP contribution in [0.1, 0.15) is 30.9 Å². The van der Waals surface area contributed by atoms with Gasteiger partial charge in [-0.05, 0) is 67.0 Å². The van der Waals surface area contributed by atoms with Gasteiger partial charge in [0, 0.05) is 25.1 Å². The first-order valence-corrected chi connectivity index (χ1v) is 10.7. The van der Waals surface area contributed by atoms with E-state index in [4.69, 9.17) is 21.7 Å². The first kappa shape index (κ1) is 21.1. The molecule has 0 bridgehead atoms. The summed E-state index contributed by atoms with van der Waals surface area (Å²) in [5.41, 5.74) is 2.06. The van der Waals surface area contributed by atoms with Gasteiger partial charge in [-0.2, -0.15) is 5.10 Å². The van der Waals surface area contributed by atoms with Crippen LogP contribution in [0.5, 0.6) is 11.5 Å². The van der Waals surface area contributed by atoms with Crippen LogP contribution >= 0.6 is 12.2 Å². The van der Waals surface area contributed by atoms with Gasteiger partial charge in [0.1, 0.15) is 11.5 Å². The third-order valence-electron chi connectivity index (χ3n) is 5.73. The first-order valence-electron chi connectivity index (χ1n) is 10.3. The Morgan fingerprint density at radius 3 is 2.39 bits per heavy atom. The third-order valence-corrected chi connectivity index (χ3v) is 6.04. The van der Waals surface area contributed by atoms with Crippen LogP contribution in [-0.2, 0) is 11.3 Å². The summed E-state index contributed by atoms with van der Waals surface area (Å²) in [5, 5.41) is 7.21. The number of rotatable bonds is 7. The molecule has 1 saturated heterocycles. The number of aromatic amines is 1. The highest BCUT2D eigenvalue weighted by atomic mass is 32.1. The van der Waals surface area contributed by atoms with E-state index in [1.807, 2.05) is 58.0 Å². The van der Waals surface area contributed by atoms with Crippen LogP contribution in [0.2, 0.25) is 0 Å². The van der Waals surface area contributed by atoms with Gasteiger partial charge >= 0.3 is 0 Å². The zero-order valence-corrected chi connectivity index (χ0v) is 18.5. The average Bonchev–Trinajstić information content (AvgIpc) is 3.44. The summed E-state index contributed by atoms with van der Waals surface area (Å²) >= 11 is 5.42. The number of benzene rings is 2. The number of carbonyl (C=O) groups excluding carboxylic acids is 1. The number of aromatic nitrogens is 3. The molecule has 2 heterocycles. The average molecular weight is 439 g/mol. The van der Waals surface area contributed by atoms with Gasteiger partial charge in [0.2, 0.25) is 5.91 Å². The molecule has 0 saturated carbocycles. The largest absolute Gasteiger partial charge is 0.497 e. The topological polar surface area (TPSA) is 72.4 Å². The standard InChI is InChI=1S/C23H26N4O3S/c1-29-18-9-5-16(6-10-18)20-4-3-14-26(20)21(28)13-15-27-22(24-25-23(27)31)17-7-11-19(30-2)12-8-17/h5-12,20H,3-4,13-15H2,1-2H3,(H,25,31). The van der Waals surface area contributed by atoms with Gasteiger partial charge in [-0.15, -0.1) is 0 Å². The fraction of sp³-hybridized carbons (Fsp3) is 0.348. The van der Waals surface area contributed by atoms with E-state index < -0.39 is 0 Å². The van der Waals surface area contributed by atoms with E-state index in [9.17, 15) is 4.79 Å². The SMILES string of the molecule is COc1ccc(-c2n[nH]c(=S)n2CCC(=O)N2CCCC2c2ccc(OC)cc2)cc1. The lowest BCUT2D eigenvalue weighted by molar-refractivity contribution is -0.132. The van der Waals surface area contributed by atoms with Crippen molar-refractivity contribution in [1.29, 1.82) is 0 Å². The number of methoxy groups -OCH3 is 2. The van der Waals surface area contributed by atoms with Crippen molar-refractivity contribution in [2.45, 2.75) is 31.8 Å². The molecule has 31 heavy (non-hydrogen) atoms. The Balaban J connectivity index is 1.47. The number of H-pyrrole nitrogens is 1. The first-order chi connectivity index (χ1) is 15.1.